The number of aliphatic hydroxyl groups is 1. The second-order valence-electron chi connectivity index (χ2n) is 6.99. The molecule has 1 aliphatic carbocycles. The van der Waals surface area contributed by atoms with Gasteiger partial charge in [0, 0.05) is 51.2 Å². The van der Waals surface area contributed by atoms with Gasteiger partial charge in [-0.1, -0.05) is 6.42 Å². The number of nitrogens with zero attached hydrogens (tertiary/aromatic N) is 3. The lowest BCUT2D eigenvalue weighted by atomic mass is 10.1. The van der Waals surface area contributed by atoms with E-state index >= 15 is 0 Å². The molecule has 2 heterocycles. The number of aliphatic imine (C=N–C) groups is 1. The van der Waals surface area contributed by atoms with Gasteiger partial charge in [-0.05, 0) is 26.2 Å². The lowest BCUT2D eigenvalue weighted by molar-refractivity contribution is 0.0195. The number of halogens is 1. The Labute approximate surface area is 163 Å². The van der Waals surface area contributed by atoms with E-state index < -0.39 is 0 Å². The molecule has 140 valence electrons. The van der Waals surface area contributed by atoms with Gasteiger partial charge in [0.2, 0.25) is 0 Å². The van der Waals surface area contributed by atoms with Crippen molar-refractivity contribution in [2.75, 3.05) is 52.5 Å². The third kappa shape index (κ3) is 5.19. The van der Waals surface area contributed by atoms with Gasteiger partial charge in [0.15, 0.2) is 5.96 Å². The Morgan fingerprint density at radius 3 is 2.67 bits per heavy atom. The standard InChI is InChI=1S/C17H32N4O2.HI/c1-2-18-17(19-12-14-4-3-5-16(14)22)21-7-6-15(13-21)20-8-10-23-11-9-20;/h14-16,22H,2-13H2,1H3,(H,18,19);1H. The first-order chi connectivity index (χ1) is 11.3. The quantitative estimate of drug-likeness (QED) is 0.381. The van der Waals surface area contributed by atoms with Crippen molar-refractivity contribution in [2.45, 2.75) is 44.8 Å². The molecule has 0 radical (unpaired) electrons. The molecular formula is C17H33IN4O2. The Balaban J connectivity index is 0.00000208. The van der Waals surface area contributed by atoms with Crippen molar-refractivity contribution in [3.63, 3.8) is 0 Å². The monoisotopic (exact) mass is 452 g/mol. The summed E-state index contributed by atoms with van der Waals surface area (Å²) in [6.45, 7) is 9.73. The van der Waals surface area contributed by atoms with Crippen molar-refractivity contribution < 1.29 is 9.84 Å². The molecule has 1 saturated carbocycles. The highest BCUT2D eigenvalue weighted by molar-refractivity contribution is 14.0. The summed E-state index contributed by atoms with van der Waals surface area (Å²) in [4.78, 5) is 9.79. The number of hydrogen-bond donors (Lipinski definition) is 2. The molecular weight excluding hydrogens is 419 g/mol. The zero-order valence-electron chi connectivity index (χ0n) is 14.8. The van der Waals surface area contributed by atoms with E-state index in [2.05, 4.69) is 22.0 Å². The first-order valence-corrected chi connectivity index (χ1v) is 9.31. The fourth-order valence-electron chi connectivity index (χ4n) is 4.03. The van der Waals surface area contributed by atoms with Gasteiger partial charge in [0.05, 0.1) is 19.3 Å². The fraction of sp³-hybridized carbons (Fsp3) is 0.941. The molecule has 7 heteroatoms. The topological polar surface area (TPSA) is 60.3 Å². The number of morpholine rings is 1. The van der Waals surface area contributed by atoms with E-state index in [1.807, 2.05) is 0 Å². The Hall–Kier alpha value is -0.120. The molecule has 6 nitrogen and oxygen atoms in total. The van der Waals surface area contributed by atoms with Gasteiger partial charge < -0.3 is 20.1 Å². The summed E-state index contributed by atoms with van der Waals surface area (Å²) in [5.41, 5.74) is 0. The molecule has 3 atom stereocenters. The number of nitrogens with one attached hydrogen (secondary N) is 1. The van der Waals surface area contributed by atoms with Crippen molar-refractivity contribution in [3.05, 3.63) is 0 Å². The summed E-state index contributed by atoms with van der Waals surface area (Å²) in [6.07, 6.45) is 4.25. The van der Waals surface area contributed by atoms with Gasteiger partial charge in [-0.3, -0.25) is 9.89 Å². The maximum atomic E-state index is 9.99. The summed E-state index contributed by atoms with van der Waals surface area (Å²) in [5, 5.41) is 13.4. The third-order valence-electron chi connectivity index (χ3n) is 5.45. The maximum Gasteiger partial charge on any atom is 0.193 e. The largest absolute Gasteiger partial charge is 0.393 e. The summed E-state index contributed by atoms with van der Waals surface area (Å²) >= 11 is 0. The number of hydrogen-bond acceptors (Lipinski definition) is 4. The second-order valence-corrected chi connectivity index (χ2v) is 6.99. The van der Waals surface area contributed by atoms with Crippen LogP contribution in [0.1, 0.15) is 32.6 Å². The van der Waals surface area contributed by atoms with Crippen molar-refractivity contribution in [1.29, 1.82) is 0 Å². The van der Waals surface area contributed by atoms with Crippen LogP contribution in [0.25, 0.3) is 0 Å². The van der Waals surface area contributed by atoms with E-state index in [1.54, 1.807) is 0 Å². The number of aliphatic hydroxyl groups excluding tert-OH is 1. The summed E-state index contributed by atoms with van der Waals surface area (Å²) in [6, 6.07) is 0.625. The van der Waals surface area contributed by atoms with Crippen LogP contribution in [-0.4, -0.2) is 85.5 Å². The molecule has 2 N–H and O–H groups in total. The minimum absolute atomic E-state index is 0. The first-order valence-electron chi connectivity index (χ1n) is 9.31. The van der Waals surface area contributed by atoms with Crippen LogP contribution in [-0.2, 0) is 4.74 Å². The minimum Gasteiger partial charge on any atom is -0.393 e. The van der Waals surface area contributed by atoms with Gasteiger partial charge in [0.25, 0.3) is 0 Å². The molecule has 3 unspecified atom stereocenters. The molecule has 0 aromatic carbocycles. The smallest absolute Gasteiger partial charge is 0.193 e. The van der Waals surface area contributed by atoms with Crippen LogP contribution in [0.4, 0.5) is 0 Å². The zero-order valence-corrected chi connectivity index (χ0v) is 17.2. The van der Waals surface area contributed by atoms with Crippen LogP contribution in [0.2, 0.25) is 0 Å². The minimum atomic E-state index is -0.152. The molecule has 0 spiro atoms. The second kappa shape index (κ2) is 10.1. The molecule has 0 aromatic heterocycles. The van der Waals surface area contributed by atoms with Crippen molar-refractivity contribution in [3.8, 4) is 0 Å². The van der Waals surface area contributed by atoms with Gasteiger partial charge in [0.1, 0.15) is 0 Å². The third-order valence-corrected chi connectivity index (χ3v) is 5.45. The number of rotatable bonds is 4. The SMILES string of the molecule is CCNC(=NCC1CCCC1O)N1CCC(N2CCOCC2)C1.I. The highest BCUT2D eigenvalue weighted by Crippen LogP contribution is 2.26. The highest BCUT2D eigenvalue weighted by atomic mass is 127. The van der Waals surface area contributed by atoms with Crippen LogP contribution in [0.15, 0.2) is 4.99 Å². The van der Waals surface area contributed by atoms with E-state index in [9.17, 15) is 5.11 Å². The Kier molecular flexibility index (Phi) is 8.53. The van der Waals surface area contributed by atoms with Crippen molar-refractivity contribution in [2.24, 2.45) is 10.9 Å². The Morgan fingerprint density at radius 1 is 1.21 bits per heavy atom. The molecule has 0 aromatic rings. The van der Waals surface area contributed by atoms with Gasteiger partial charge in [-0.2, -0.15) is 0 Å². The normalized spacial score (nSPS) is 32.0. The highest BCUT2D eigenvalue weighted by Gasteiger charge is 2.31. The van der Waals surface area contributed by atoms with Crippen molar-refractivity contribution in [1.82, 2.24) is 15.1 Å². The molecule has 3 rings (SSSR count). The number of likely N-dealkylation sites (tertiary alicyclic amines) is 1. The summed E-state index contributed by atoms with van der Waals surface area (Å²) in [5.74, 6) is 1.38. The molecule has 3 aliphatic rings. The summed E-state index contributed by atoms with van der Waals surface area (Å²) in [7, 11) is 0. The molecule has 0 bridgehead atoms. The van der Waals surface area contributed by atoms with E-state index in [0.29, 0.717) is 12.0 Å². The fourth-order valence-corrected chi connectivity index (χ4v) is 4.03. The van der Waals surface area contributed by atoms with Crippen LogP contribution in [0.5, 0.6) is 0 Å². The number of guanidine groups is 1. The lowest BCUT2D eigenvalue weighted by Crippen LogP contribution is -2.46. The Morgan fingerprint density at radius 2 is 2.00 bits per heavy atom. The average Bonchev–Trinajstić information content (AvgIpc) is 3.22. The van der Waals surface area contributed by atoms with Crippen molar-refractivity contribution >= 4 is 29.9 Å². The van der Waals surface area contributed by atoms with Crippen LogP contribution < -0.4 is 5.32 Å². The van der Waals surface area contributed by atoms with Gasteiger partial charge in [-0.15, -0.1) is 24.0 Å². The predicted molar refractivity (Wildman–Crippen MR) is 107 cm³/mol. The van der Waals surface area contributed by atoms with E-state index in [-0.39, 0.29) is 30.1 Å². The summed E-state index contributed by atoms with van der Waals surface area (Å²) < 4.78 is 5.46. The maximum absolute atomic E-state index is 9.99. The molecule has 3 fully saturated rings. The van der Waals surface area contributed by atoms with E-state index in [4.69, 9.17) is 9.73 Å². The molecule has 2 aliphatic heterocycles. The average molecular weight is 452 g/mol. The van der Waals surface area contributed by atoms with Crippen LogP contribution in [0.3, 0.4) is 0 Å². The lowest BCUT2D eigenvalue weighted by Gasteiger charge is -2.32. The molecule has 24 heavy (non-hydrogen) atoms. The van der Waals surface area contributed by atoms with Gasteiger partial charge >= 0.3 is 0 Å². The van der Waals surface area contributed by atoms with Gasteiger partial charge in [-0.25, -0.2) is 0 Å². The van der Waals surface area contributed by atoms with Crippen LogP contribution >= 0.6 is 24.0 Å². The van der Waals surface area contributed by atoms with Crippen LogP contribution in [0, 0.1) is 5.92 Å². The molecule has 0 amide bonds. The number of ether oxygens (including phenoxy) is 1. The van der Waals surface area contributed by atoms with E-state index in [0.717, 1.165) is 77.7 Å². The predicted octanol–water partition coefficient (Wildman–Crippen LogP) is 1.14. The van der Waals surface area contributed by atoms with E-state index in [1.165, 1.54) is 6.42 Å². The zero-order chi connectivity index (χ0) is 16.1. The first kappa shape index (κ1) is 20.2. The Bertz CT molecular complexity index is 404. The molecule has 2 saturated heterocycles.